The van der Waals surface area contributed by atoms with Crippen LogP contribution < -0.4 is 10.5 Å². The average molecular weight is 312 g/mol. The number of halogens is 1. The number of benzene rings is 1. The maximum absolute atomic E-state index is 13.2. The molecule has 0 saturated carbocycles. The smallest absolute Gasteiger partial charge is 0.265 e. The van der Waals surface area contributed by atoms with Crippen molar-refractivity contribution in [3.8, 4) is 0 Å². The number of aromatic nitrogens is 2. The van der Waals surface area contributed by atoms with Crippen molar-refractivity contribution in [3.05, 3.63) is 42.0 Å². The highest BCUT2D eigenvalue weighted by molar-refractivity contribution is 7.92. The highest BCUT2D eigenvalue weighted by atomic mass is 32.2. The second-order valence-corrected chi connectivity index (χ2v) is 6.33. The molecular formula is C13H17FN4O2S. The zero-order chi connectivity index (χ0) is 15.5. The Kier molecular flexibility index (Phi) is 4.59. The molecule has 114 valence electrons. The van der Waals surface area contributed by atoms with E-state index in [-0.39, 0.29) is 10.7 Å². The molecule has 0 radical (unpaired) electrons. The molecule has 21 heavy (non-hydrogen) atoms. The molecular weight excluding hydrogens is 295 g/mol. The summed E-state index contributed by atoms with van der Waals surface area (Å²) in [5.41, 5.74) is 6.07. The van der Waals surface area contributed by atoms with E-state index in [0.717, 1.165) is 0 Å². The molecule has 0 aliphatic carbocycles. The minimum atomic E-state index is -3.73. The summed E-state index contributed by atoms with van der Waals surface area (Å²) in [5.74, 6) is -0.382. The lowest BCUT2D eigenvalue weighted by Gasteiger charge is -2.07. The molecule has 0 atom stereocenters. The van der Waals surface area contributed by atoms with Crippen molar-refractivity contribution in [2.24, 2.45) is 5.73 Å². The third-order valence-corrected chi connectivity index (χ3v) is 4.26. The van der Waals surface area contributed by atoms with Gasteiger partial charge in [0.25, 0.3) is 10.0 Å². The molecule has 0 spiro atoms. The molecule has 0 bridgehead atoms. The fraction of sp³-hybridized carbons (Fsp3) is 0.308. The third kappa shape index (κ3) is 3.79. The van der Waals surface area contributed by atoms with Crippen molar-refractivity contribution < 1.29 is 12.8 Å². The Morgan fingerprint density at radius 2 is 2.19 bits per heavy atom. The number of hydrogen-bond donors (Lipinski definition) is 2. The zero-order valence-electron chi connectivity index (χ0n) is 11.6. The highest BCUT2D eigenvalue weighted by Crippen LogP contribution is 2.18. The summed E-state index contributed by atoms with van der Waals surface area (Å²) in [6.07, 6.45) is 3.43. The second kappa shape index (κ2) is 6.23. The van der Waals surface area contributed by atoms with Gasteiger partial charge in [-0.2, -0.15) is 5.10 Å². The van der Waals surface area contributed by atoms with Crippen LogP contribution in [0.2, 0.25) is 0 Å². The summed E-state index contributed by atoms with van der Waals surface area (Å²) < 4.78 is 41.5. The van der Waals surface area contributed by atoms with Crippen molar-refractivity contribution in [1.29, 1.82) is 0 Å². The Bertz CT molecular complexity index is 728. The maximum atomic E-state index is 13.2. The van der Waals surface area contributed by atoms with Gasteiger partial charge in [-0.25, -0.2) is 12.8 Å². The molecule has 0 fully saturated rings. The predicted octanol–water partition coefficient (Wildman–Crippen LogP) is 1.48. The summed E-state index contributed by atoms with van der Waals surface area (Å²) in [4.78, 5) is 0.0569. The topological polar surface area (TPSA) is 90.0 Å². The van der Waals surface area contributed by atoms with Crippen LogP contribution >= 0.6 is 0 Å². The van der Waals surface area contributed by atoms with Gasteiger partial charge in [0.2, 0.25) is 0 Å². The molecule has 0 saturated heterocycles. The minimum Gasteiger partial charge on any atom is -0.330 e. The van der Waals surface area contributed by atoms with Crippen LogP contribution in [0.3, 0.4) is 0 Å². The van der Waals surface area contributed by atoms with Gasteiger partial charge in [-0.15, -0.1) is 0 Å². The summed E-state index contributed by atoms with van der Waals surface area (Å²) >= 11 is 0. The van der Waals surface area contributed by atoms with Gasteiger partial charge in [-0.1, -0.05) is 0 Å². The Balaban J connectivity index is 2.17. The van der Waals surface area contributed by atoms with E-state index in [1.165, 1.54) is 35.3 Å². The molecule has 2 aromatic rings. The van der Waals surface area contributed by atoms with Crippen LogP contribution in [0.4, 0.5) is 10.1 Å². The van der Waals surface area contributed by atoms with Crippen molar-refractivity contribution in [2.45, 2.75) is 24.8 Å². The van der Waals surface area contributed by atoms with Crippen molar-refractivity contribution in [2.75, 3.05) is 11.3 Å². The first kappa shape index (κ1) is 15.5. The number of nitrogens with one attached hydrogen (secondary N) is 1. The van der Waals surface area contributed by atoms with Crippen LogP contribution in [0, 0.1) is 12.7 Å². The second-order valence-electron chi connectivity index (χ2n) is 4.65. The minimum absolute atomic E-state index is 0.0569. The largest absolute Gasteiger partial charge is 0.330 e. The lowest BCUT2D eigenvalue weighted by molar-refractivity contribution is 0.582. The van der Waals surface area contributed by atoms with Crippen LogP contribution in [-0.4, -0.2) is 24.7 Å². The van der Waals surface area contributed by atoms with Crippen LogP contribution in [0.5, 0.6) is 0 Å². The number of anilines is 1. The molecule has 1 aromatic heterocycles. The fourth-order valence-corrected chi connectivity index (χ4v) is 2.78. The number of nitrogens with zero attached hydrogens (tertiary/aromatic N) is 2. The Labute approximate surface area is 122 Å². The Morgan fingerprint density at radius 3 is 2.86 bits per heavy atom. The molecule has 8 heteroatoms. The molecule has 6 nitrogen and oxygen atoms in total. The standard InChI is InChI=1S/C13H17FN4O2S/c1-10-7-11(3-4-13(10)14)17-21(19,20)12-8-16-18(9-12)6-2-5-15/h3-4,7-9,17H,2,5-6,15H2,1H3. The Morgan fingerprint density at radius 1 is 1.43 bits per heavy atom. The maximum Gasteiger partial charge on any atom is 0.265 e. The molecule has 0 aliphatic rings. The van der Waals surface area contributed by atoms with Gasteiger partial charge in [-0.3, -0.25) is 9.40 Å². The molecule has 1 aromatic carbocycles. The first-order valence-corrected chi connectivity index (χ1v) is 7.92. The summed E-state index contributed by atoms with van der Waals surface area (Å²) in [5, 5.41) is 3.98. The van der Waals surface area contributed by atoms with E-state index in [2.05, 4.69) is 9.82 Å². The van der Waals surface area contributed by atoms with Gasteiger partial charge in [0.15, 0.2) is 0 Å². The first-order valence-electron chi connectivity index (χ1n) is 6.44. The van der Waals surface area contributed by atoms with Crippen LogP contribution in [0.1, 0.15) is 12.0 Å². The molecule has 1 heterocycles. The van der Waals surface area contributed by atoms with Crippen LogP contribution in [-0.2, 0) is 16.6 Å². The van der Waals surface area contributed by atoms with E-state index < -0.39 is 10.0 Å². The quantitative estimate of drug-likeness (QED) is 0.845. The van der Waals surface area contributed by atoms with Gasteiger partial charge in [0.05, 0.1) is 6.20 Å². The number of aryl methyl sites for hydroxylation is 2. The van der Waals surface area contributed by atoms with Gasteiger partial charge >= 0.3 is 0 Å². The number of hydrogen-bond acceptors (Lipinski definition) is 4. The van der Waals surface area contributed by atoms with E-state index >= 15 is 0 Å². The molecule has 0 amide bonds. The predicted molar refractivity (Wildman–Crippen MR) is 77.8 cm³/mol. The number of rotatable bonds is 6. The van der Waals surface area contributed by atoms with Gasteiger partial charge < -0.3 is 5.73 Å². The normalized spacial score (nSPS) is 11.6. The van der Waals surface area contributed by atoms with Gasteiger partial charge in [0.1, 0.15) is 10.7 Å². The van der Waals surface area contributed by atoms with E-state index in [9.17, 15) is 12.8 Å². The highest BCUT2D eigenvalue weighted by Gasteiger charge is 2.17. The summed E-state index contributed by atoms with van der Waals surface area (Å²) in [7, 11) is -3.73. The van der Waals surface area contributed by atoms with Crippen molar-refractivity contribution >= 4 is 15.7 Å². The van der Waals surface area contributed by atoms with E-state index in [1.54, 1.807) is 6.92 Å². The van der Waals surface area contributed by atoms with Gasteiger partial charge in [-0.05, 0) is 43.7 Å². The van der Waals surface area contributed by atoms with Crippen LogP contribution in [0.25, 0.3) is 0 Å². The third-order valence-electron chi connectivity index (χ3n) is 2.92. The summed E-state index contributed by atoms with van der Waals surface area (Å²) in [6, 6.07) is 4.03. The monoisotopic (exact) mass is 312 g/mol. The Hall–Kier alpha value is -1.93. The summed E-state index contributed by atoms with van der Waals surface area (Å²) in [6.45, 7) is 2.63. The first-order chi connectivity index (χ1) is 9.92. The zero-order valence-corrected chi connectivity index (χ0v) is 12.4. The molecule has 3 N–H and O–H groups in total. The van der Waals surface area contributed by atoms with Crippen LogP contribution in [0.15, 0.2) is 35.5 Å². The number of nitrogens with two attached hydrogens (primary N) is 1. The average Bonchev–Trinajstić information content (AvgIpc) is 2.90. The van der Waals surface area contributed by atoms with Gasteiger partial charge in [0, 0.05) is 18.4 Å². The van der Waals surface area contributed by atoms with E-state index in [0.29, 0.717) is 30.8 Å². The van der Waals surface area contributed by atoms with Crippen molar-refractivity contribution in [1.82, 2.24) is 9.78 Å². The van der Waals surface area contributed by atoms with E-state index in [4.69, 9.17) is 5.73 Å². The van der Waals surface area contributed by atoms with Crippen molar-refractivity contribution in [3.63, 3.8) is 0 Å². The fourth-order valence-electron chi connectivity index (χ4n) is 1.78. The lowest BCUT2D eigenvalue weighted by Crippen LogP contribution is -2.12. The lowest BCUT2D eigenvalue weighted by atomic mass is 10.2. The molecule has 0 aliphatic heterocycles. The molecule has 0 unspecified atom stereocenters. The SMILES string of the molecule is Cc1cc(NS(=O)(=O)c2cnn(CCCN)c2)ccc1F. The van der Waals surface area contributed by atoms with E-state index in [1.807, 2.05) is 0 Å². The number of sulfonamides is 1. The molecule has 2 rings (SSSR count).